The van der Waals surface area contributed by atoms with Crippen molar-refractivity contribution in [3.63, 3.8) is 0 Å². The van der Waals surface area contributed by atoms with Gasteiger partial charge in [0.2, 0.25) is 0 Å². The molecule has 0 bridgehead atoms. The van der Waals surface area contributed by atoms with Crippen LogP contribution < -0.4 is 5.32 Å². The first-order valence-electron chi connectivity index (χ1n) is 12.8. The largest absolute Gasteiger partial charge is 0.339 e. The Balaban J connectivity index is 1.23. The molecule has 0 unspecified atom stereocenters. The van der Waals surface area contributed by atoms with Crippen molar-refractivity contribution in [1.29, 1.82) is 0 Å². The number of carbonyl (C=O) groups excluding carboxylic acids is 1. The normalized spacial score (nSPS) is 22.3. The fourth-order valence-corrected chi connectivity index (χ4v) is 5.89. The van der Waals surface area contributed by atoms with Crippen LogP contribution in [0.5, 0.6) is 0 Å². The average Bonchev–Trinajstić information content (AvgIpc) is 2.88. The van der Waals surface area contributed by atoms with Gasteiger partial charge in [-0.15, -0.1) is 0 Å². The Labute approximate surface area is 198 Å². The molecular weight excluding hydrogens is 404 g/mol. The van der Waals surface area contributed by atoms with Crippen LogP contribution in [0.1, 0.15) is 85.3 Å². The molecule has 3 aromatic carbocycles. The maximum absolute atomic E-state index is 12.8. The van der Waals surface area contributed by atoms with Crippen molar-refractivity contribution < 1.29 is 4.79 Å². The summed E-state index contributed by atoms with van der Waals surface area (Å²) in [6, 6.07) is 24.7. The number of carbonyl (C=O) groups is 1. The fraction of sp³-hybridized carbons (Fsp3) is 0.433. The van der Waals surface area contributed by atoms with Crippen molar-refractivity contribution in [2.24, 2.45) is 0 Å². The maximum atomic E-state index is 12.8. The minimum Gasteiger partial charge on any atom is -0.339 e. The number of rotatable bonds is 5. The maximum Gasteiger partial charge on any atom is 0.253 e. The molecule has 0 aromatic heterocycles. The van der Waals surface area contributed by atoms with E-state index in [1.807, 2.05) is 4.90 Å². The number of hydrogen-bond donors (Lipinski definition) is 1. The van der Waals surface area contributed by atoms with Crippen molar-refractivity contribution in [2.75, 3.05) is 13.1 Å². The second-order valence-corrected chi connectivity index (χ2v) is 9.99. The first kappa shape index (κ1) is 22.2. The van der Waals surface area contributed by atoms with Crippen LogP contribution in [0.15, 0.2) is 66.7 Å². The summed E-state index contributed by atoms with van der Waals surface area (Å²) in [6.45, 7) is 4.11. The molecule has 172 valence electrons. The van der Waals surface area contributed by atoms with Gasteiger partial charge in [-0.25, -0.2) is 0 Å². The van der Waals surface area contributed by atoms with Gasteiger partial charge in [0.15, 0.2) is 0 Å². The fourth-order valence-electron chi connectivity index (χ4n) is 5.89. The number of hydrogen-bond acceptors (Lipinski definition) is 2. The third-order valence-corrected chi connectivity index (χ3v) is 7.72. The smallest absolute Gasteiger partial charge is 0.253 e. The summed E-state index contributed by atoms with van der Waals surface area (Å²) in [4.78, 5) is 14.8. The van der Waals surface area contributed by atoms with Gasteiger partial charge in [0.25, 0.3) is 5.91 Å². The molecule has 0 radical (unpaired) electrons. The van der Waals surface area contributed by atoms with Gasteiger partial charge in [-0.05, 0) is 85.4 Å². The van der Waals surface area contributed by atoms with E-state index in [4.69, 9.17) is 0 Å². The summed E-state index contributed by atoms with van der Waals surface area (Å²) in [5.41, 5.74) is 3.61. The Morgan fingerprint density at radius 2 is 1.64 bits per heavy atom. The number of nitrogens with zero attached hydrogens (tertiary/aromatic N) is 1. The summed E-state index contributed by atoms with van der Waals surface area (Å²) in [5, 5.41) is 6.60. The number of likely N-dealkylation sites (tertiary alicyclic amines) is 1. The van der Waals surface area contributed by atoms with E-state index in [9.17, 15) is 4.79 Å². The Morgan fingerprint density at radius 1 is 0.879 bits per heavy atom. The van der Waals surface area contributed by atoms with Gasteiger partial charge in [0.05, 0.1) is 0 Å². The lowest BCUT2D eigenvalue weighted by atomic mass is 9.80. The summed E-state index contributed by atoms with van der Waals surface area (Å²) < 4.78 is 0. The van der Waals surface area contributed by atoms with Crippen molar-refractivity contribution in [3.05, 3.63) is 83.4 Å². The Kier molecular flexibility index (Phi) is 6.78. The number of benzene rings is 3. The SMILES string of the molecule is C[C@@H](N[C@H]1CCC[C@H](c2ccc(C(=O)N3CCCCC3)cc2)C1)c1cccc2ccccc12. The lowest BCUT2D eigenvalue weighted by molar-refractivity contribution is 0.0724. The molecule has 5 rings (SSSR count). The van der Waals surface area contributed by atoms with E-state index in [-0.39, 0.29) is 5.91 Å². The van der Waals surface area contributed by atoms with Gasteiger partial charge < -0.3 is 10.2 Å². The van der Waals surface area contributed by atoms with E-state index in [2.05, 4.69) is 79.0 Å². The number of piperidine rings is 1. The van der Waals surface area contributed by atoms with Crippen LogP contribution in [-0.2, 0) is 0 Å². The zero-order chi connectivity index (χ0) is 22.6. The van der Waals surface area contributed by atoms with Crippen molar-refractivity contribution in [3.8, 4) is 0 Å². The summed E-state index contributed by atoms with van der Waals surface area (Å²) in [6.07, 6.45) is 8.40. The van der Waals surface area contributed by atoms with Gasteiger partial charge in [0.1, 0.15) is 0 Å². The zero-order valence-electron chi connectivity index (χ0n) is 19.8. The standard InChI is InChI=1S/C30H36N2O/c1-22(28-14-8-10-24-9-3-4-13-29(24)28)31-27-12-7-11-26(21-27)23-15-17-25(18-16-23)30(33)32-19-5-2-6-20-32/h3-4,8-10,13-18,22,26-27,31H,2,5-7,11-12,19-21H2,1H3/t22-,26+,27+/m1/s1. The summed E-state index contributed by atoms with van der Waals surface area (Å²) in [5.74, 6) is 0.767. The molecule has 1 saturated carbocycles. The summed E-state index contributed by atoms with van der Waals surface area (Å²) >= 11 is 0. The van der Waals surface area contributed by atoms with Crippen LogP contribution in [0.3, 0.4) is 0 Å². The first-order chi connectivity index (χ1) is 16.2. The van der Waals surface area contributed by atoms with Crippen molar-refractivity contribution in [1.82, 2.24) is 10.2 Å². The molecule has 0 spiro atoms. The van der Waals surface area contributed by atoms with Gasteiger partial charge in [-0.3, -0.25) is 4.79 Å². The zero-order valence-corrected chi connectivity index (χ0v) is 19.8. The Morgan fingerprint density at radius 3 is 2.45 bits per heavy atom. The highest BCUT2D eigenvalue weighted by atomic mass is 16.2. The molecule has 3 atom stereocenters. The molecular formula is C30H36N2O. The molecule has 1 aliphatic heterocycles. The lowest BCUT2D eigenvalue weighted by Crippen LogP contribution is -2.36. The van der Waals surface area contributed by atoms with Gasteiger partial charge in [-0.1, -0.05) is 61.0 Å². The quantitative estimate of drug-likeness (QED) is 0.471. The topological polar surface area (TPSA) is 32.3 Å². The molecule has 2 fully saturated rings. The third-order valence-electron chi connectivity index (χ3n) is 7.72. The first-order valence-corrected chi connectivity index (χ1v) is 12.8. The highest BCUT2D eigenvalue weighted by molar-refractivity contribution is 5.94. The molecule has 3 heteroatoms. The molecule has 1 N–H and O–H groups in total. The van der Waals surface area contributed by atoms with Crippen LogP contribution in [0.2, 0.25) is 0 Å². The van der Waals surface area contributed by atoms with Crippen LogP contribution in [0.4, 0.5) is 0 Å². The van der Waals surface area contributed by atoms with Gasteiger partial charge >= 0.3 is 0 Å². The van der Waals surface area contributed by atoms with E-state index < -0.39 is 0 Å². The Hall–Kier alpha value is -2.65. The van der Waals surface area contributed by atoms with Crippen LogP contribution in [0, 0.1) is 0 Å². The highest BCUT2D eigenvalue weighted by Crippen LogP contribution is 2.35. The molecule has 1 amide bonds. The molecule has 3 aromatic rings. The van der Waals surface area contributed by atoms with Crippen LogP contribution in [-0.4, -0.2) is 29.9 Å². The van der Waals surface area contributed by atoms with Crippen molar-refractivity contribution in [2.45, 2.75) is 69.9 Å². The molecule has 1 heterocycles. The minimum atomic E-state index is 0.202. The van der Waals surface area contributed by atoms with Crippen LogP contribution in [0.25, 0.3) is 10.8 Å². The minimum absolute atomic E-state index is 0.202. The van der Waals surface area contributed by atoms with Crippen molar-refractivity contribution >= 4 is 16.7 Å². The number of nitrogens with one attached hydrogen (secondary N) is 1. The van der Waals surface area contributed by atoms with E-state index in [1.165, 1.54) is 47.6 Å². The Bertz CT molecular complexity index is 1080. The second-order valence-electron chi connectivity index (χ2n) is 9.99. The van der Waals surface area contributed by atoms with Crippen LogP contribution >= 0.6 is 0 Å². The van der Waals surface area contributed by atoms with E-state index in [1.54, 1.807) is 0 Å². The molecule has 3 nitrogen and oxygen atoms in total. The molecule has 1 aliphatic carbocycles. The van der Waals surface area contributed by atoms with E-state index >= 15 is 0 Å². The van der Waals surface area contributed by atoms with E-state index in [0.29, 0.717) is 18.0 Å². The molecule has 33 heavy (non-hydrogen) atoms. The van der Waals surface area contributed by atoms with E-state index in [0.717, 1.165) is 37.9 Å². The van der Waals surface area contributed by atoms with Gasteiger partial charge in [0, 0.05) is 30.7 Å². The van der Waals surface area contributed by atoms with Gasteiger partial charge in [-0.2, -0.15) is 0 Å². The average molecular weight is 441 g/mol. The molecule has 1 saturated heterocycles. The predicted octanol–water partition coefficient (Wildman–Crippen LogP) is 6.84. The predicted molar refractivity (Wildman–Crippen MR) is 137 cm³/mol. The third kappa shape index (κ3) is 4.99. The monoisotopic (exact) mass is 440 g/mol. The second kappa shape index (κ2) is 10.1. The number of amides is 1. The highest BCUT2D eigenvalue weighted by Gasteiger charge is 2.25. The lowest BCUT2D eigenvalue weighted by Gasteiger charge is -2.33. The summed E-state index contributed by atoms with van der Waals surface area (Å²) in [7, 11) is 0. The number of fused-ring (bicyclic) bond motifs is 1. The molecule has 2 aliphatic rings.